The van der Waals surface area contributed by atoms with Crippen molar-refractivity contribution in [2.75, 3.05) is 39.4 Å². The standard InChI is InChI=1S/C12H24N2O3/c1-3-5-13-12(2,11(15)16)4-6-14-7-9-17-10-8-14/h13H,3-10H2,1-2H3,(H,15,16). The van der Waals surface area contributed by atoms with E-state index in [0.29, 0.717) is 6.42 Å². The molecule has 5 nitrogen and oxygen atoms in total. The lowest BCUT2D eigenvalue weighted by Gasteiger charge is -2.32. The molecule has 2 N–H and O–H groups in total. The Kier molecular flexibility index (Phi) is 5.88. The van der Waals surface area contributed by atoms with Crippen LogP contribution in [0.15, 0.2) is 0 Å². The molecule has 0 amide bonds. The van der Waals surface area contributed by atoms with Gasteiger partial charge in [-0.05, 0) is 26.3 Å². The van der Waals surface area contributed by atoms with Crippen molar-refractivity contribution in [2.45, 2.75) is 32.2 Å². The van der Waals surface area contributed by atoms with Crippen LogP contribution in [0.3, 0.4) is 0 Å². The third-order valence-electron chi connectivity index (χ3n) is 3.27. The monoisotopic (exact) mass is 244 g/mol. The maximum absolute atomic E-state index is 11.3. The van der Waals surface area contributed by atoms with Gasteiger partial charge >= 0.3 is 5.97 Å². The SMILES string of the molecule is CCCNC(C)(CCN1CCOCC1)C(=O)O. The number of morpholine rings is 1. The summed E-state index contributed by atoms with van der Waals surface area (Å²) in [7, 11) is 0. The third-order valence-corrected chi connectivity index (χ3v) is 3.27. The largest absolute Gasteiger partial charge is 0.480 e. The molecule has 0 aromatic heterocycles. The fourth-order valence-electron chi connectivity index (χ4n) is 1.88. The lowest BCUT2D eigenvalue weighted by Crippen LogP contribution is -2.52. The minimum atomic E-state index is -0.811. The van der Waals surface area contributed by atoms with Crippen molar-refractivity contribution >= 4 is 5.97 Å². The average Bonchev–Trinajstić information content (AvgIpc) is 2.35. The molecule has 0 spiro atoms. The first-order valence-corrected chi connectivity index (χ1v) is 6.37. The van der Waals surface area contributed by atoms with E-state index in [9.17, 15) is 9.90 Å². The lowest BCUT2D eigenvalue weighted by atomic mass is 9.97. The van der Waals surface area contributed by atoms with Gasteiger partial charge in [0.2, 0.25) is 0 Å². The average molecular weight is 244 g/mol. The third kappa shape index (κ3) is 4.61. The van der Waals surface area contributed by atoms with E-state index in [-0.39, 0.29) is 0 Å². The van der Waals surface area contributed by atoms with Crippen molar-refractivity contribution < 1.29 is 14.6 Å². The zero-order chi connectivity index (χ0) is 12.7. The van der Waals surface area contributed by atoms with Crippen molar-refractivity contribution in [1.82, 2.24) is 10.2 Å². The number of nitrogens with one attached hydrogen (secondary N) is 1. The molecule has 0 saturated carbocycles. The number of rotatable bonds is 7. The maximum atomic E-state index is 11.3. The Labute approximate surface area is 103 Å². The van der Waals surface area contributed by atoms with Gasteiger partial charge in [0.15, 0.2) is 0 Å². The number of carbonyl (C=O) groups is 1. The van der Waals surface area contributed by atoms with Gasteiger partial charge in [0.25, 0.3) is 0 Å². The smallest absolute Gasteiger partial charge is 0.323 e. The number of nitrogens with zero attached hydrogens (tertiary/aromatic N) is 1. The Hall–Kier alpha value is -0.650. The Balaban J connectivity index is 2.39. The second-order valence-electron chi connectivity index (χ2n) is 4.77. The summed E-state index contributed by atoms with van der Waals surface area (Å²) >= 11 is 0. The van der Waals surface area contributed by atoms with Gasteiger partial charge in [0, 0.05) is 19.6 Å². The predicted octanol–water partition coefficient (Wildman–Crippen LogP) is 0.552. The molecule has 1 heterocycles. The molecule has 1 fully saturated rings. The van der Waals surface area contributed by atoms with Crippen LogP contribution in [0.1, 0.15) is 26.7 Å². The molecule has 0 radical (unpaired) electrons. The molecule has 0 aromatic carbocycles. The summed E-state index contributed by atoms with van der Waals surface area (Å²) in [5.74, 6) is -0.765. The minimum absolute atomic E-state index is 0.627. The van der Waals surface area contributed by atoms with Crippen LogP contribution in [0.25, 0.3) is 0 Å². The van der Waals surface area contributed by atoms with Crippen LogP contribution >= 0.6 is 0 Å². The molecule has 1 aliphatic rings. The molecule has 1 atom stereocenters. The van der Waals surface area contributed by atoms with Crippen LogP contribution in [0.5, 0.6) is 0 Å². The number of carboxylic acid groups (broad SMARTS) is 1. The summed E-state index contributed by atoms with van der Waals surface area (Å²) in [6, 6.07) is 0. The van der Waals surface area contributed by atoms with E-state index in [1.807, 2.05) is 6.92 Å². The second kappa shape index (κ2) is 6.93. The first-order chi connectivity index (χ1) is 8.08. The van der Waals surface area contributed by atoms with Crippen LogP contribution in [0.4, 0.5) is 0 Å². The van der Waals surface area contributed by atoms with E-state index >= 15 is 0 Å². The van der Waals surface area contributed by atoms with Gasteiger partial charge in [-0.15, -0.1) is 0 Å². The molecule has 0 aromatic rings. The summed E-state index contributed by atoms with van der Waals surface area (Å²) < 4.78 is 5.27. The fourth-order valence-corrected chi connectivity index (χ4v) is 1.88. The highest BCUT2D eigenvalue weighted by Crippen LogP contribution is 2.12. The predicted molar refractivity (Wildman–Crippen MR) is 66.2 cm³/mol. The Morgan fingerprint density at radius 1 is 1.47 bits per heavy atom. The van der Waals surface area contributed by atoms with E-state index in [4.69, 9.17) is 4.74 Å². The summed E-state index contributed by atoms with van der Waals surface area (Å²) in [4.78, 5) is 13.6. The van der Waals surface area contributed by atoms with Gasteiger partial charge < -0.3 is 15.2 Å². The van der Waals surface area contributed by atoms with Crippen molar-refractivity contribution in [1.29, 1.82) is 0 Å². The number of hydrogen-bond acceptors (Lipinski definition) is 4. The topological polar surface area (TPSA) is 61.8 Å². The first kappa shape index (κ1) is 14.4. The first-order valence-electron chi connectivity index (χ1n) is 6.37. The second-order valence-corrected chi connectivity index (χ2v) is 4.77. The van der Waals surface area contributed by atoms with Gasteiger partial charge in [0.1, 0.15) is 5.54 Å². The van der Waals surface area contributed by atoms with Gasteiger partial charge in [-0.1, -0.05) is 6.92 Å². The quantitative estimate of drug-likeness (QED) is 0.685. The van der Waals surface area contributed by atoms with Gasteiger partial charge in [0.05, 0.1) is 13.2 Å². The summed E-state index contributed by atoms with van der Waals surface area (Å²) in [6.07, 6.45) is 1.57. The van der Waals surface area contributed by atoms with E-state index in [2.05, 4.69) is 10.2 Å². The van der Waals surface area contributed by atoms with Gasteiger partial charge in [-0.3, -0.25) is 9.69 Å². The van der Waals surface area contributed by atoms with Crippen LogP contribution in [0.2, 0.25) is 0 Å². The van der Waals surface area contributed by atoms with Crippen molar-refractivity contribution in [3.8, 4) is 0 Å². The number of aliphatic carboxylic acids is 1. The van der Waals surface area contributed by atoms with Crippen LogP contribution in [-0.2, 0) is 9.53 Å². The molecule has 1 aliphatic heterocycles. The number of ether oxygens (including phenoxy) is 1. The summed E-state index contributed by atoms with van der Waals surface area (Å²) in [6.45, 7) is 8.68. The van der Waals surface area contributed by atoms with Crippen LogP contribution in [-0.4, -0.2) is 60.9 Å². The molecule has 1 unspecified atom stereocenters. The van der Waals surface area contributed by atoms with Crippen LogP contribution in [0, 0.1) is 0 Å². The molecule has 0 aliphatic carbocycles. The zero-order valence-corrected chi connectivity index (χ0v) is 10.9. The van der Waals surface area contributed by atoms with Gasteiger partial charge in [-0.25, -0.2) is 0 Å². The molecule has 1 rings (SSSR count). The fraction of sp³-hybridized carbons (Fsp3) is 0.917. The molecule has 5 heteroatoms. The van der Waals surface area contributed by atoms with E-state index < -0.39 is 11.5 Å². The zero-order valence-electron chi connectivity index (χ0n) is 10.9. The Morgan fingerprint density at radius 2 is 2.12 bits per heavy atom. The number of carboxylic acids is 1. The molecular weight excluding hydrogens is 220 g/mol. The van der Waals surface area contributed by atoms with Crippen LogP contribution < -0.4 is 5.32 Å². The van der Waals surface area contributed by atoms with Crippen molar-refractivity contribution in [3.63, 3.8) is 0 Å². The highest BCUT2D eigenvalue weighted by Gasteiger charge is 2.32. The molecule has 0 bridgehead atoms. The highest BCUT2D eigenvalue weighted by atomic mass is 16.5. The van der Waals surface area contributed by atoms with E-state index in [0.717, 1.165) is 45.8 Å². The van der Waals surface area contributed by atoms with E-state index in [1.165, 1.54) is 0 Å². The van der Waals surface area contributed by atoms with Gasteiger partial charge in [-0.2, -0.15) is 0 Å². The maximum Gasteiger partial charge on any atom is 0.323 e. The van der Waals surface area contributed by atoms with Crippen molar-refractivity contribution in [3.05, 3.63) is 0 Å². The molecule has 100 valence electrons. The molecule has 1 saturated heterocycles. The summed E-state index contributed by atoms with van der Waals surface area (Å²) in [5, 5.41) is 12.4. The number of hydrogen-bond donors (Lipinski definition) is 2. The lowest BCUT2D eigenvalue weighted by molar-refractivity contribution is -0.144. The Morgan fingerprint density at radius 3 is 2.65 bits per heavy atom. The normalized spacial score (nSPS) is 21.1. The van der Waals surface area contributed by atoms with E-state index in [1.54, 1.807) is 6.92 Å². The minimum Gasteiger partial charge on any atom is -0.480 e. The summed E-state index contributed by atoms with van der Waals surface area (Å²) in [5.41, 5.74) is -0.811. The molecular formula is C12H24N2O3. The van der Waals surface area contributed by atoms with Crippen molar-refractivity contribution in [2.24, 2.45) is 0 Å². The molecule has 17 heavy (non-hydrogen) atoms. The Bertz CT molecular complexity index is 242. The highest BCUT2D eigenvalue weighted by molar-refractivity contribution is 5.78.